The molecule has 1 fully saturated rings. The summed E-state index contributed by atoms with van der Waals surface area (Å²) in [5.74, 6) is 1.42. The lowest BCUT2D eigenvalue weighted by molar-refractivity contribution is 0.513. The number of H-pyrrole nitrogens is 1. The maximum absolute atomic E-state index is 6.24. The van der Waals surface area contributed by atoms with Crippen molar-refractivity contribution in [3.63, 3.8) is 0 Å². The van der Waals surface area contributed by atoms with Gasteiger partial charge >= 0.3 is 0 Å². The highest BCUT2D eigenvalue weighted by atomic mass is 35.5. The van der Waals surface area contributed by atoms with Gasteiger partial charge in [0.15, 0.2) is 0 Å². The maximum atomic E-state index is 6.24. The van der Waals surface area contributed by atoms with E-state index in [0.29, 0.717) is 5.92 Å². The Morgan fingerprint density at radius 3 is 2.89 bits per heavy atom. The van der Waals surface area contributed by atoms with Gasteiger partial charge < -0.3 is 9.88 Å². The molecule has 2 aromatic carbocycles. The first-order valence-corrected chi connectivity index (χ1v) is 9.79. The first-order chi connectivity index (χ1) is 13.6. The van der Waals surface area contributed by atoms with Gasteiger partial charge in [0.1, 0.15) is 11.5 Å². The Labute approximate surface area is 168 Å². The predicted octanol–water partition coefficient (Wildman–Crippen LogP) is 4.49. The van der Waals surface area contributed by atoms with Crippen molar-refractivity contribution < 1.29 is 0 Å². The van der Waals surface area contributed by atoms with E-state index < -0.39 is 0 Å². The van der Waals surface area contributed by atoms with Crippen LogP contribution in [0, 0.1) is 18.9 Å². The molecule has 0 spiro atoms. The zero-order valence-corrected chi connectivity index (χ0v) is 16.5. The number of rotatable bonds is 3. The summed E-state index contributed by atoms with van der Waals surface area (Å²) >= 11 is 6.24. The maximum Gasteiger partial charge on any atom is 0.130 e. The van der Waals surface area contributed by atoms with Crippen LogP contribution < -0.4 is 4.90 Å². The number of imidazole rings is 1. The number of aryl methyl sites for hydroxylation is 1. The second-order valence-electron chi connectivity index (χ2n) is 7.37. The van der Waals surface area contributed by atoms with Gasteiger partial charge in [0.05, 0.1) is 35.2 Å². The molecule has 1 aliphatic rings. The minimum Gasteiger partial charge on any atom is -0.359 e. The van der Waals surface area contributed by atoms with Crippen LogP contribution in [-0.2, 0) is 0 Å². The summed E-state index contributed by atoms with van der Waals surface area (Å²) in [7, 11) is 0. The molecular formula is C21H20ClN6. The van der Waals surface area contributed by atoms with E-state index in [1.54, 1.807) is 17.2 Å². The lowest BCUT2D eigenvalue weighted by Gasteiger charge is -2.28. The molecule has 2 aromatic heterocycles. The van der Waals surface area contributed by atoms with Crippen molar-refractivity contribution in [2.45, 2.75) is 26.3 Å². The van der Waals surface area contributed by atoms with Crippen LogP contribution in [0.15, 0.2) is 42.7 Å². The van der Waals surface area contributed by atoms with Gasteiger partial charge in [-0.25, -0.2) is 4.98 Å². The molecule has 0 amide bonds. The second-order valence-corrected chi connectivity index (χ2v) is 7.80. The molecule has 5 rings (SSSR count). The van der Waals surface area contributed by atoms with Crippen molar-refractivity contribution in [3.8, 4) is 5.69 Å². The van der Waals surface area contributed by atoms with E-state index in [4.69, 9.17) is 16.6 Å². The van der Waals surface area contributed by atoms with Crippen molar-refractivity contribution in [1.29, 1.82) is 0 Å². The topological polar surface area (TPSA) is 62.6 Å². The van der Waals surface area contributed by atoms with E-state index >= 15 is 0 Å². The number of anilines is 1. The molecule has 1 radical (unpaired) electrons. The highest BCUT2D eigenvalue weighted by molar-refractivity contribution is 6.31. The molecule has 0 saturated carbocycles. The Morgan fingerprint density at radius 2 is 2.07 bits per heavy atom. The molecular weight excluding hydrogens is 372 g/mol. The molecule has 0 bridgehead atoms. The molecule has 1 aliphatic heterocycles. The Bertz CT molecular complexity index is 1130. The van der Waals surface area contributed by atoms with Crippen LogP contribution in [0.1, 0.15) is 30.8 Å². The van der Waals surface area contributed by atoms with Gasteiger partial charge in [0, 0.05) is 17.6 Å². The summed E-state index contributed by atoms with van der Waals surface area (Å²) < 4.78 is 0. The van der Waals surface area contributed by atoms with E-state index in [9.17, 15) is 0 Å². The summed E-state index contributed by atoms with van der Waals surface area (Å²) in [6.07, 6.45) is 4.45. The normalized spacial score (nSPS) is 19.6. The van der Waals surface area contributed by atoms with Crippen LogP contribution in [0.25, 0.3) is 16.7 Å². The lowest BCUT2D eigenvalue weighted by atomic mass is 10.0. The third-order valence-corrected chi connectivity index (χ3v) is 5.70. The SMILES string of the molecule is Cc1cc(Cl)cc2[nH]c([C@@H]3[C@@H](C)CCN3c3ccc[c]c3-n3nccn3)nc12. The van der Waals surface area contributed by atoms with Gasteiger partial charge in [-0.15, -0.1) is 4.80 Å². The summed E-state index contributed by atoms with van der Waals surface area (Å²) in [5, 5.41) is 9.33. The average Bonchev–Trinajstić information content (AvgIpc) is 3.40. The summed E-state index contributed by atoms with van der Waals surface area (Å²) in [5.41, 5.74) is 4.95. The number of aromatic nitrogens is 5. The smallest absolute Gasteiger partial charge is 0.130 e. The molecule has 1 saturated heterocycles. The van der Waals surface area contributed by atoms with Crippen LogP contribution >= 0.6 is 11.6 Å². The zero-order valence-electron chi connectivity index (χ0n) is 15.7. The first-order valence-electron chi connectivity index (χ1n) is 9.41. The van der Waals surface area contributed by atoms with Crippen molar-refractivity contribution >= 4 is 28.3 Å². The minimum absolute atomic E-state index is 0.135. The number of benzene rings is 2. The van der Waals surface area contributed by atoms with Crippen molar-refractivity contribution in [1.82, 2.24) is 25.0 Å². The van der Waals surface area contributed by atoms with Gasteiger partial charge in [0.2, 0.25) is 0 Å². The van der Waals surface area contributed by atoms with Crippen molar-refractivity contribution in [3.05, 3.63) is 65.2 Å². The molecule has 0 unspecified atom stereocenters. The van der Waals surface area contributed by atoms with E-state index in [2.05, 4.69) is 39.1 Å². The van der Waals surface area contributed by atoms with E-state index in [1.165, 1.54) is 0 Å². The fourth-order valence-electron chi connectivity index (χ4n) is 4.18. The third-order valence-electron chi connectivity index (χ3n) is 5.48. The molecule has 7 heteroatoms. The van der Waals surface area contributed by atoms with Crippen LogP contribution in [0.2, 0.25) is 5.02 Å². The fourth-order valence-corrected chi connectivity index (χ4v) is 4.46. The van der Waals surface area contributed by atoms with Gasteiger partial charge in [-0.1, -0.05) is 30.7 Å². The number of para-hydroxylation sites is 1. The molecule has 4 aromatic rings. The van der Waals surface area contributed by atoms with Crippen LogP contribution in [0.4, 0.5) is 5.69 Å². The minimum atomic E-state index is 0.135. The average molecular weight is 392 g/mol. The van der Waals surface area contributed by atoms with Crippen LogP contribution in [0.5, 0.6) is 0 Å². The standard InChI is InChI=1S/C21H20ClN6/c1-13-7-10-27(17-5-3-4-6-18(17)28-23-8-9-24-28)20(13)21-25-16-12-15(22)11-14(2)19(16)26-21/h3-5,8-9,11-13,20H,7,10H2,1-2H3,(H,25,26)/t13-,20-/m0/s1. The fraction of sp³-hybridized carbons (Fsp3) is 0.286. The Kier molecular flexibility index (Phi) is 4.09. The van der Waals surface area contributed by atoms with E-state index in [1.807, 2.05) is 31.2 Å². The van der Waals surface area contributed by atoms with Gasteiger partial charge in [-0.05, 0) is 43.0 Å². The first kappa shape index (κ1) is 17.3. The molecule has 28 heavy (non-hydrogen) atoms. The summed E-state index contributed by atoms with van der Waals surface area (Å²) in [6, 6.07) is 13.3. The van der Waals surface area contributed by atoms with Crippen molar-refractivity contribution in [2.75, 3.05) is 11.4 Å². The summed E-state index contributed by atoms with van der Waals surface area (Å²) in [4.78, 5) is 12.5. The molecule has 1 N–H and O–H groups in total. The molecule has 6 nitrogen and oxygen atoms in total. The Hall–Kier alpha value is -2.86. The predicted molar refractivity (Wildman–Crippen MR) is 110 cm³/mol. The third kappa shape index (κ3) is 2.76. The molecule has 141 valence electrons. The molecule has 2 atom stereocenters. The van der Waals surface area contributed by atoms with Crippen LogP contribution in [-0.4, -0.2) is 31.5 Å². The second kappa shape index (κ2) is 6.63. The summed E-state index contributed by atoms with van der Waals surface area (Å²) in [6.45, 7) is 5.26. The quantitative estimate of drug-likeness (QED) is 0.558. The Balaban J connectivity index is 1.62. The Morgan fingerprint density at radius 1 is 1.25 bits per heavy atom. The monoisotopic (exact) mass is 391 g/mol. The number of nitrogens with one attached hydrogen (secondary N) is 1. The number of hydrogen-bond donors (Lipinski definition) is 1. The van der Waals surface area contributed by atoms with Gasteiger partial charge in [-0.2, -0.15) is 10.2 Å². The van der Waals surface area contributed by atoms with Gasteiger partial charge in [0.25, 0.3) is 0 Å². The van der Waals surface area contributed by atoms with E-state index in [-0.39, 0.29) is 6.04 Å². The molecule has 3 heterocycles. The number of aromatic amines is 1. The largest absolute Gasteiger partial charge is 0.359 e. The number of halogens is 1. The van der Waals surface area contributed by atoms with E-state index in [0.717, 1.165) is 51.8 Å². The number of hydrogen-bond acceptors (Lipinski definition) is 4. The highest BCUT2D eigenvalue weighted by Crippen LogP contribution is 2.41. The lowest BCUT2D eigenvalue weighted by Crippen LogP contribution is -2.27. The van der Waals surface area contributed by atoms with Gasteiger partial charge in [-0.3, -0.25) is 0 Å². The van der Waals surface area contributed by atoms with Crippen molar-refractivity contribution in [2.24, 2.45) is 5.92 Å². The molecule has 0 aliphatic carbocycles. The number of fused-ring (bicyclic) bond motifs is 1. The van der Waals surface area contributed by atoms with Crippen LogP contribution in [0.3, 0.4) is 0 Å². The number of nitrogens with zero attached hydrogens (tertiary/aromatic N) is 5. The highest BCUT2D eigenvalue weighted by Gasteiger charge is 2.36. The zero-order chi connectivity index (χ0) is 19.3.